The zero-order valence-corrected chi connectivity index (χ0v) is 15.0. The summed E-state index contributed by atoms with van der Waals surface area (Å²) in [4.78, 5) is 14.4. The van der Waals surface area contributed by atoms with E-state index in [1.165, 1.54) is 24.3 Å². The molecule has 1 atom stereocenters. The Labute approximate surface area is 146 Å². The molecule has 1 saturated heterocycles. The second kappa shape index (κ2) is 5.69. The van der Waals surface area contributed by atoms with Crippen molar-refractivity contribution in [3.63, 3.8) is 0 Å². The average molecular weight is 349 g/mol. The number of amides is 1. The number of nitrogens with zero attached hydrogens (tertiary/aromatic N) is 3. The molecule has 2 aliphatic rings. The van der Waals surface area contributed by atoms with Crippen LogP contribution in [0.3, 0.4) is 0 Å². The van der Waals surface area contributed by atoms with Crippen LogP contribution < -0.4 is 0 Å². The van der Waals surface area contributed by atoms with Gasteiger partial charge in [-0.1, -0.05) is 0 Å². The van der Waals surface area contributed by atoms with Gasteiger partial charge in [0, 0.05) is 12.1 Å². The van der Waals surface area contributed by atoms with E-state index in [1.54, 1.807) is 32.6 Å². The van der Waals surface area contributed by atoms with E-state index in [-0.39, 0.29) is 11.7 Å². The summed E-state index contributed by atoms with van der Waals surface area (Å²) < 4.78 is 13.9. The van der Waals surface area contributed by atoms with E-state index in [0.29, 0.717) is 18.5 Å². The summed E-state index contributed by atoms with van der Waals surface area (Å²) >= 11 is 0. The minimum Gasteiger partial charge on any atom is -0.715 e. The van der Waals surface area contributed by atoms with Crippen molar-refractivity contribution in [2.75, 3.05) is 6.54 Å². The molecule has 0 saturated carbocycles. The monoisotopic (exact) mass is 349 g/mol. The summed E-state index contributed by atoms with van der Waals surface area (Å²) in [5.41, 5.74) is -1.27. The standard InChI is InChI=1S/C18H24FN3O3/c1-17(2)18(3,4)22(25)15(21(17)24)14-6-5-11-20(14)16(23)12-7-9-13(19)10-8-12/h7-10,14,24H,5-6,11H2,1-4H3. The first-order valence-corrected chi connectivity index (χ1v) is 8.49. The minimum atomic E-state index is -0.843. The lowest BCUT2D eigenvalue weighted by Gasteiger charge is -2.33. The van der Waals surface area contributed by atoms with Crippen molar-refractivity contribution < 1.29 is 19.1 Å². The van der Waals surface area contributed by atoms with Crippen molar-refractivity contribution in [3.8, 4) is 0 Å². The number of hydrogen-bond donors (Lipinski definition) is 1. The molecule has 0 aliphatic carbocycles. The fraction of sp³-hybridized carbons (Fsp3) is 0.556. The number of hydroxylamine groups is 3. The van der Waals surface area contributed by atoms with Gasteiger partial charge in [0.05, 0.1) is 0 Å². The normalized spacial score (nSPS) is 25.0. The molecule has 2 aliphatic heterocycles. The van der Waals surface area contributed by atoms with Crippen molar-refractivity contribution in [2.24, 2.45) is 0 Å². The van der Waals surface area contributed by atoms with Crippen molar-refractivity contribution in [1.29, 1.82) is 0 Å². The van der Waals surface area contributed by atoms with E-state index < -0.39 is 22.9 Å². The molecule has 136 valence electrons. The van der Waals surface area contributed by atoms with Crippen LogP contribution in [0.15, 0.2) is 24.3 Å². The molecule has 2 heterocycles. The topological polar surface area (TPSA) is 69.8 Å². The number of carbonyl (C=O) groups is 1. The molecule has 1 aromatic carbocycles. The van der Waals surface area contributed by atoms with Crippen LogP contribution in [0.2, 0.25) is 0 Å². The quantitative estimate of drug-likeness (QED) is 0.658. The smallest absolute Gasteiger partial charge is 0.304 e. The third-order valence-electron chi connectivity index (χ3n) is 5.86. The van der Waals surface area contributed by atoms with E-state index in [2.05, 4.69) is 0 Å². The van der Waals surface area contributed by atoms with Gasteiger partial charge in [0.1, 0.15) is 17.4 Å². The zero-order valence-electron chi connectivity index (χ0n) is 15.0. The van der Waals surface area contributed by atoms with Crippen LogP contribution in [0.25, 0.3) is 0 Å². The Hall–Kier alpha value is -2.15. The predicted octanol–water partition coefficient (Wildman–Crippen LogP) is 2.60. The number of halogens is 1. The van der Waals surface area contributed by atoms with Crippen LogP contribution in [0, 0.1) is 11.0 Å². The molecular weight excluding hydrogens is 325 g/mol. The van der Waals surface area contributed by atoms with Crippen LogP contribution in [-0.2, 0) is 0 Å². The van der Waals surface area contributed by atoms with E-state index >= 15 is 0 Å². The van der Waals surface area contributed by atoms with E-state index in [4.69, 9.17) is 0 Å². The summed E-state index contributed by atoms with van der Waals surface area (Å²) in [5.74, 6) is -0.474. The van der Waals surface area contributed by atoms with Gasteiger partial charge in [-0.3, -0.25) is 9.53 Å². The molecule has 25 heavy (non-hydrogen) atoms. The number of carbonyl (C=O) groups excluding carboxylic acids is 1. The second-order valence-electron chi connectivity index (χ2n) is 7.75. The molecule has 6 nitrogen and oxygen atoms in total. The molecule has 0 spiro atoms. The van der Waals surface area contributed by atoms with Gasteiger partial charge in [-0.15, -0.1) is 5.06 Å². The Bertz CT molecular complexity index is 728. The molecule has 7 heteroatoms. The van der Waals surface area contributed by atoms with Crippen molar-refractivity contribution in [3.05, 3.63) is 40.9 Å². The van der Waals surface area contributed by atoms with Crippen molar-refractivity contribution >= 4 is 11.7 Å². The Kier molecular flexibility index (Phi) is 4.02. The highest BCUT2D eigenvalue weighted by molar-refractivity contribution is 5.98. The summed E-state index contributed by atoms with van der Waals surface area (Å²) in [5, 5.41) is 24.6. The van der Waals surface area contributed by atoms with Gasteiger partial charge < -0.3 is 10.1 Å². The third kappa shape index (κ3) is 2.49. The minimum absolute atomic E-state index is 0.197. The highest BCUT2D eigenvalue weighted by Gasteiger charge is 2.61. The Morgan fingerprint density at radius 2 is 1.88 bits per heavy atom. The van der Waals surface area contributed by atoms with E-state index in [1.807, 2.05) is 0 Å². The number of rotatable bonds is 2. The first-order chi connectivity index (χ1) is 11.6. The summed E-state index contributed by atoms with van der Waals surface area (Å²) in [6.07, 6.45) is 1.34. The highest BCUT2D eigenvalue weighted by Crippen LogP contribution is 2.38. The van der Waals surface area contributed by atoms with Gasteiger partial charge >= 0.3 is 5.84 Å². The summed E-state index contributed by atoms with van der Waals surface area (Å²) in [6, 6.07) is 4.86. The second-order valence-corrected chi connectivity index (χ2v) is 7.75. The van der Waals surface area contributed by atoms with E-state index in [9.17, 15) is 19.6 Å². The van der Waals surface area contributed by atoms with Crippen LogP contribution in [0.1, 0.15) is 50.9 Å². The molecule has 1 fully saturated rings. The molecule has 1 unspecified atom stereocenters. The third-order valence-corrected chi connectivity index (χ3v) is 5.86. The Morgan fingerprint density at radius 1 is 1.28 bits per heavy atom. The van der Waals surface area contributed by atoms with Gasteiger partial charge in [-0.05, 0) is 64.8 Å². The summed E-state index contributed by atoms with van der Waals surface area (Å²) in [7, 11) is 0. The fourth-order valence-electron chi connectivity index (χ4n) is 3.48. The first-order valence-electron chi connectivity index (χ1n) is 8.49. The number of hydrogen-bond acceptors (Lipinski definition) is 4. The molecule has 0 aromatic heterocycles. The van der Waals surface area contributed by atoms with Gasteiger partial charge in [0.25, 0.3) is 5.91 Å². The Balaban J connectivity index is 1.96. The lowest BCUT2D eigenvalue weighted by molar-refractivity contribution is -0.541. The van der Waals surface area contributed by atoms with Crippen molar-refractivity contribution in [2.45, 2.75) is 57.7 Å². The van der Waals surface area contributed by atoms with Crippen molar-refractivity contribution in [1.82, 2.24) is 9.96 Å². The molecule has 3 rings (SSSR count). The number of amidine groups is 1. The zero-order chi connectivity index (χ0) is 18.6. The van der Waals surface area contributed by atoms with Gasteiger partial charge in [-0.25, -0.2) is 9.60 Å². The maximum atomic E-state index is 13.1. The predicted molar refractivity (Wildman–Crippen MR) is 90.9 cm³/mol. The highest BCUT2D eigenvalue weighted by atomic mass is 19.1. The molecule has 1 amide bonds. The summed E-state index contributed by atoms with van der Waals surface area (Å²) in [6.45, 7) is 7.64. The van der Waals surface area contributed by atoms with Crippen LogP contribution in [0.4, 0.5) is 4.39 Å². The number of likely N-dealkylation sites (tertiary alicyclic amines) is 1. The average Bonchev–Trinajstić information content (AvgIpc) is 3.07. The maximum absolute atomic E-state index is 13.1. The van der Waals surface area contributed by atoms with Crippen LogP contribution >= 0.6 is 0 Å². The maximum Gasteiger partial charge on any atom is 0.304 e. The lowest BCUT2D eigenvalue weighted by Crippen LogP contribution is -2.55. The van der Waals surface area contributed by atoms with Crippen LogP contribution in [0.5, 0.6) is 0 Å². The lowest BCUT2D eigenvalue weighted by atomic mass is 9.84. The molecule has 0 bridgehead atoms. The van der Waals surface area contributed by atoms with E-state index in [0.717, 1.165) is 16.2 Å². The van der Waals surface area contributed by atoms with Gasteiger partial charge in [0.15, 0.2) is 5.54 Å². The molecule has 0 radical (unpaired) electrons. The first kappa shape index (κ1) is 17.7. The number of benzene rings is 1. The molecule has 1 N–H and O–H groups in total. The largest absolute Gasteiger partial charge is 0.715 e. The molecular formula is C18H24FN3O3. The SMILES string of the molecule is CC1(C)N(O)C(C2CCCN2C(=O)c2ccc(F)cc2)=[N+]([O-])C1(C)C. The molecule has 1 aromatic rings. The van der Waals surface area contributed by atoms with Gasteiger partial charge in [-0.2, -0.15) is 0 Å². The van der Waals surface area contributed by atoms with Gasteiger partial charge in [0.2, 0.25) is 0 Å². The fourth-order valence-corrected chi connectivity index (χ4v) is 3.48. The Morgan fingerprint density at radius 3 is 2.40 bits per heavy atom. The van der Waals surface area contributed by atoms with Crippen LogP contribution in [-0.4, -0.2) is 55.3 Å².